The molecular formula is C14H10F3N3O3. The zero-order valence-electron chi connectivity index (χ0n) is 11.7. The van der Waals surface area contributed by atoms with Crippen molar-refractivity contribution in [3.05, 3.63) is 58.1 Å². The molecule has 0 bridgehead atoms. The number of carboxylic acids is 1. The second kappa shape index (κ2) is 6.03. The van der Waals surface area contributed by atoms with Gasteiger partial charge in [-0.25, -0.2) is 9.78 Å². The van der Waals surface area contributed by atoms with Crippen LogP contribution < -0.4 is 5.01 Å². The number of aromatic carboxylic acids is 1. The molecule has 1 aromatic heterocycles. The Kier molecular flexibility index (Phi) is 4.30. The zero-order valence-corrected chi connectivity index (χ0v) is 11.7. The predicted molar refractivity (Wildman–Crippen MR) is 75.3 cm³/mol. The Bertz CT molecular complexity index is 762. The van der Waals surface area contributed by atoms with E-state index in [0.29, 0.717) is 5.01 Å². The molecule has 0 saturated carbocycles. The first-order valence-electron chi connectivity index (χ1n) is 6.26. The SMILES string of the molecule is Cc1c(N(N=O)c2ncccc2C(=O)O)cccc1C(F)(F)F. The largest absolute Gasteiger partial charge is 0.478 e. The number of pyridine rings is 1. The topological polar surface area (TPSA) is 82.9 Å². The van der Waals surface area contributed by atoms with Crippen LogP contribution in [-0.4, -0.2) is 16.1 Å². The van der Waals surface area contributed by atoms with Crippen molar-refractivity contribution in [3.8, 4) is 0 Å². The van der Waals surface area contributed by atoms with Crippen LogP contribution in [0.2, 0.25) is 0 Å². The fourth-order valence-corrected chi connectivity index (χ4v) is 2.09. The number of anilines is 2. The fourth-order valence-electron chi connectivity index (χ4n) is 2.09. The molecule has 0 fully saturated rings. The lowest BCUT2D eigenvalue weighted by Crippen LogP contribution is -2.17. The van der Waals surface area contributed by atoms with E-state index >= 15 is 0 Å². The van der Waals surface area contributed by atoms with Crippen LogP contribution in [0.25, 0.3) is 0 Å². The van der Waals surface area contributed by atoms with Crippen molar-refractivity contribution >= 4 is 17.5 Å². The molecule has 0 aliphatic heterocycles. The lowest BCUT2D eigenvalue weighted by atomic mass is 10.1. The highest BCUT2D eigenvalue weighted by molar-refractivity contribution is 5.94. The van der Waals surface area contributed by atoms with Crippen LogP contribution in [-0.2, 0) is 6.18 Å². The van der Waals surface area contributed by atoms with Crippen LogP contribution in [0.15, 0.2) is 41.8 Å². The van der Waals surface area contributed by atoms with Crippen molar-refractivity contribution in [1.29, 1.82) is 0 Å². The van der Waals surface area contributed by atoms with E-state index in [2.05, 4.69) is 10.3 Å². The summed E-state index contributed by atoms with van der Waals surface area (Å²) in [5, 5.41) is 12.3. The number of hydrogen-bond acceptors (Lipinski definition) is 4. The number of carbonyl (C=O) groups is 1. The molecule has 1 N–H and O–H groups in total. The number of rotatable bonds is 4. The second-order valence-electron chi connectivity index (χ2n) is 4.52. The number of nitrogens with zero attached hydrogens (tertiary/aromatic N) is 3. The third-order valence-electron chi connectivity index (χ3n) is 3.14. The predicted octanol–water partition coefficient (Wildman–Crippen LogP) is 3.93. The van der Waals surface area contributed by atoms with Crippen LogP contribution in [0.5, 0.6) is 0 Å². The van der Waals surface area contributed by atoms with Gasteiger partial charge in [0, 0.05) is 6.20 Å². The third-order valence-corrected chi connectivity index (χ3v) is 3.14. The average molecular weight is 325 g/mol. The minimum atomic E-state index is -4.62. The van der Waals surface area contributed by atoms with Gasteiger partial charge in [-0.1, -0.05) is 6.07 Å². The van der Waals surface area contributed by atoms with Crippen LogP contribution >= 0.6 is 0 Å². The van der Waals surface area contributed by atoms with Crippen molar-refractivity contribution in [1.82, 2.24) is 4.98 Å². The maximum atomic E-state index is 13.0. The van der Waals surface area contributed by atoms with Crippen LogP contribution in [0.4, 0.5) is 24.7 Å². The lowest BCUT2D eigenvalue weighted by molar-refractivity contribution is -0.138. The van der Waals surface area contributed by atoms with Gasteiger partial charge in [-0.15, -0.1) is 4.91 Å². The molecule has 0 saturated heterocycles. The number of halogens is 3. The third kappa shape index (κ3) is 3.12. The van der Waals surface area contributed by atoms with Crippen LogP contribution in [0.1, 0.15) is 21.5 Å². The molecule has 0 amide bonds. The molecule has 23 heavy (non-hydrogen) atoms. The maximum Gasteiger partial charge on any atom is 0.416 e. The van der Waals surface area contributed by atoms with E-state index < -0.39 is 17.7 Å². The minimum Gasteiger partial charge on any atom is -0.478 e. The number of hydrogen-bond donors (Lipinski definition) is 1. The quantitative estimate of drug-likeness (QED) is 0.680. The molecule has 2 rings (SSSR count). The van der Waals surface area contributed by atoms with Gasteiger partial charge in [0.2, 0.25) is 0 Å². The highest BCUT2D eigenvalue weighted by Crippen LogP contribution is 2.38. The maximum absolute atomic E-state index is 13.0. The molecule has 0 spiro atoms. The van der Waals surface area contributed by atoms with Gasteiger partial charge in [0.1, 0.15) is 5.56 Å². The Morgan fingerprint density at radius 3 is 2.52 bits per heavy atom. The molecule has 9 heteroatoms. The summed E-state index contributed by atoms with van der Waals surface area (Å²) in [6, 6.07) is 5.69. The normalized spacial score (nSPS) is 11.1. The van der Waals surface area contributed by atoms with E-state index in [-0.39, 0.29) is 22.6 Å². The molecular weight excluding hydrogens is 315 g/mol. The van der Waals surface area contributed by atoms with Crippen LogP contribution in [0, 0.1) is 11.8 Å². The van der Waals surface area contributed by atoms with E-state index in [1.54, 1.807) is 0 Å². The molecule has 0 atom stereocenters. The summed E-state index contributed by atoms with van der Waals surface area (Å²) >= 11 is 0. The lowest BCUT2D eigenvalue weighted by Gasteiger charge is -2.20. The smallest absolute Gasteiger partial charge is 0.416 e. The van der Waals surface area contributed by atoms with Gasteiger partial charge in [-0.05, 0) is 36.8 Å². The molecule has 0 unspecified atom stereocenters. The van der Waals surface area contributed by atoms with Gasteiger partial charge < -0.3 is 5.11 Å². The number of aromatic nitrogens is 1. The van der Waals surface area contributed by atoms with E-state index in [0.717, 1.165) is 12.1 Å². The summed E-state index contributed by atoms with van der Waals surface area (Å²) < 4.78 is 38.9. The molecule has 0 aliphatic rings. The molecule has 2 aromatic rings. The zero-order chi connectivity index (χ0) is 17.2. The Balaban J connectivity index is 2.65. The Morgan fingerprint density at radius 2 is 1.96 bits per heavy atom. The summed E-state index contributed by atoms with van der Waals surface area (Å²) in [7, 11) is 0. The van der Waals surface area contributed by atoms with Gasteiger partial charge in [-0.3, -0.25) is 0 Å². The number of benzene rings is 1. The summed E-state index contributed by atoms with van der Waals surface area (Å²) in [5.74, 6) is -1.75. The summed E-state index contributed by atoms with van der Waals surface area (Å²) in [4.78, 5) is 26.1. The van der Waals surface area contributed by atoms with Crippen molar-refractivity contribution < 1.29 is 23.1 Å². The monoisotopic (exact) mass is 325 g/mol. The van der Waals surface area contributed by atoms with Crippen molar-refractivity contribution in [2.75, 3.05) is 5.01 Å². The molecule has 0 radical (unpaired) electrons. The van der Waals surface area contributed by atoms with Crippen molar-refractivity contribution in [2.24, 2.45) is 5.29 Å². The summed E-state index contributed by atoms with van der Waals surface area (Å²) in [6.07, 6.45) is -3.41. The summed E-state index contributed by atoms with van der Waals surface area (Å²) in [5.41, 5.74) is -1.77. The van der Waals surface area contributed by atoms with Gasteiger partial charge in [-0.2, -0.15) is 18.2 Å². The Labute approximate surface area is 128 Å². The highest BCUT2D eigenvalue weighted by Gasteiger charge is 2.34. The Hall–Kier alpha value is -2.97. The molecule has 6 nitrogen and oxygen atoms in total. The molecule has 0 aliphatic carbocycles. The van der Waals surface area contributed by atoms with Gasteiger partial charge in [0.15, 0.2) is 5.82 Å². The van der Waals surface area contributed by atoms with Crippen molar-refractivity contribution in [3.63, 3.8) is 0 Å². The van der Waals surface area contributed by atoms with E-state index in [1.165, 1.54) is 31.3 Å². The minimum absolute atomic E-state index is 0.198. The van der Waals surface area contributed by atoms with Gasteiger partial charge in [0.05, 0.1) is 16.5 Å². The fraction of sp³-hybridized carbons (Fsp3) is 0.143. The van der Waals surface area contributed by atoms with Gasteiger partial charge >= 0.3 is 12.1 Å². The first kappa shape index (κ1) is 16.4. The number of nitroso groups, excluding NO2 is 1. The van der Waals surface area contributed by atoms with Crippen molar-refractivity contribution in [2.45, 2.75) is 13.1 Å². The van der Waals surface area contributed by atoms with E-state index in [1.807, 2.05) is 0 Å². The van der Waals surface area contributed by atoms with E-state index in [4.69, 9.17) is 5.11 Å². The number of carboxylic acid groups (broad SMARTS) is 1. The first-order chi connectivity index (χ1) is 10.8. The molecule has 120 valence electrons. The highest BCUT2D eigenvalue weighted by atomic mass is 19.4. The average Bonchev–Trinajstić information content (AvgIpc) is 2.49. The van der Waals surface area contributed by atoms with E-state index in [9.17, 15) is 22.9 Å². The number of alkyl halides is 3. The Morgan fingerprint density at radius 1 is 1.26 bits per heavy atom. The standard InChI is InChI=1S/C14H10F3N3O3/c1-8-10(14(15,16)17)5-2-6-11(8)20(19-23)12-9(13(21)22)4-3-7-18-12/h2-7H,1H3,(H,21,22). The molecule has 1 heterocycles. The first-order valence-corrected chi connectivity index (χ1v) is 6.26. The van der Waals surface area contributed by atoms with Crippen LogP contribution in [0.3, 0.4) is 0 Å². The summed E-state index contributed by atoms with van der Waals surface area (Å²) in [6.45, 7) is 1.17. The molecule has 1 aromatic carbocycles. The van der Waals surface area contributed by atoms with Gasteiger partial charge in [0.25, 0.3) is 0 Å². The second-order valence-corrected chi connectivity index (χ2v) is 4.52.